The highest BCUT2D eigenvalue weighted by Crippen LogP contribution is 2.43. The Hall–Kier alpha value is -1.29. The monoisotopic (exact) mass is 310 g/mol. The quantitative estimate of drug-likeness (QED) is 0.575. The van der Waals surface area contributed by atoms with Crippen LogP contribution in [0.3, 0.4) is 0 Å². The van der Waals surface area contributed by atoms with Crippen LogP contribution in [0.2, 0.25) is 5.02 Å². The van der Waals surface area contributed by atoms with E-state index >= 15 is 0 Å². The molecule has 1 aliphatic carbocycles. The largest absolute Gasteiger partial charge is 0.383 e. The third kappa shape index (κ3) is 4.10. The van der Waals surface area contributed by atoms with E-state index in [1.54, 1.807) is 6.07 Å². The summed E-state index contributed by atoms with van der Waals surface area (Å²) in [5, 5.41) is 14.6. The second-order valence-electron chi connectivity index (χ2n) is 6.58. The van der Waals surface area contributed by atoms with Crippen LogP contribution in [0.15, 0.2) is 18.2 Å². The summed E-state index contributed by atoms with van der Waals surface area (Å²) in [6.07, 6.45) is 6.31. The van der Waals surface area contributed by atoms with Crippen molar-refractivity contribution in [2.75, 3.05) is 11.9 Å². The number of benzene rings is 1. The van der Waals surface area contributed by atoms with Gasteiger partial charge in [-0.3, -0.25) is 10.1 Å². The van der Waals surface area contributed by atoms with E-state index in [2.05, 4.69) is 19.2 Å². The Morgan fingerprint density at radius 3 is 2.57 bits per heavy atom. The zero-order valence-corrected chi connectivity index (χ0v) is 13.4. The minimum atomic E-state index is -0.424. The van der Waals surface area contributed by atoms with Crippen LogP contribution in [0.4, 0.5) is 11.4 Å². The van der Waals surface area contributed by atoms with Gasteiger partial charge in [-0.05, 0) is 36.7 Å². The van der Waals surface area contributed by atoms with Gasteiger partial charge in [-0.1, -0.05) is 38.3 Å². The van der Waals surface area contributed by atoms with Gasteiger partial charge in [0, 0.05) is 18.7 Å². The predicted octanol–water partition coefficient (Wildman–Crippen LogP) is 5.27. The highest BCUT2D eigenvalue weighted by Gasteiger charge is 2.34. The molecule has 0 heterocycles. The molecule has 0 saturated heterocycles. The third-order valence-corrected chi connectivity index (χ3v) is 4.64. The summed E-state index contributed by atoms with van der Waals surface area (Å²) < 4.78 is 0. The van der Waals surface area contributed by atoms with E-state index < -0.39 is 4.92 Å². The standard InChI is InChI=1S/C16H23ClN2O2/c1-12(2)10-16(7-3-4-8-16)11-18-15-6-5-13(19(20)21)9-14(15)17/h5-6,9,12,18H,3-4,7-8,10-11H2,1-2H3. The van der Waals surface area contributed by atoms with Crippen molar-refractivity contribution in [3.63, 3.8) is 0 Å². The topological polar surface area (TPSA) is 55.2 Å². The van der Waals surface area contributed by atoms with Crippen LogP contribution in [-0.4, -0.2) is 11.5 Å². The maximum atomic E-state index is 10.7. The molecule has 1 aromatic rings. The number of non-ortho nitro benzene ring substituents is 1. The van der Waals surface area contributed by atoms with Crippen LogP contribution in [0.25, 0.3) is 0 Å². The van der Waals surface area contributed by atoms with Crippen molar-refractivity contribution in [1.82, 2.24) is 0 Å². The lowest BCUT2D eigenvalue weighted by Gasteiger charge is -2.31. The molecule has 0 spiro atoms. The Labute approximate surface area is 131 Å². The molecule has 0 aliphatic heterocycles. The van der Waals surface area contributed by atoms with Crippen molar-refractivity contribution < 1.29 is 4.92 Å². The second-order valence-corrected chi connectivity index (χ2v) is 6.99. The molecule has 0 bridgehead atoms. The summed E-state index contributed by atoms with van der Waals surface area (Å²) in [6.45, 7) is 5.42. The van der Waals surface area contributed by atoms with E-state index in [-0.39, 0.29) is 5.69 Å². The van der Waals surface area contributed by atoms with Crippen LogP contribution in [0.1, 0.15) is 46.0 Å². The molecule has 0 amide bonds. The predicted molar refractivity (Wildman–Crippen MR) is 87.0 cm³/mol. The van der Waals surface area contributed by atoms with Crippen molar-refractivity contribution in [3.05, 3.63) is 33.3 Å². The normalized spacial score (nSPS) is 17.1. The summed E-state index contributed by atoms with van der Waals surface area (Å²) in [4.78, 5) is 10.3. The number of rotatable bonds is 6. The lowest BCUT2D eigenvalue weighted by atomic mass is 9.78. The molecule has 21 heavy (non-hydrogen) atoms. The Kier molecular flexibility index (Phi) is 5.09. The lowest BCUT2D eigenvalue weighted by Crippen LogP contribution is -2.28. The van der Waals surface area contributed by atoms with Crippen LogP contribution in [-0.2, 0) is 0 Å². The van der Waals surface area contributed by atoms with Gasteiger partial charge in [0.2, 0.25) is 0 Å². The minimum Gasteiger partial charge on any atom is -0.383 e. The molecule has 2 rings (SSSR count). The maximum absolute atomic E-state index is 10.7. The van der Waals surface area contributed by atoms with Crippen LogP contribution in [0.5, 0.6) is 0 Å². The molecule has 0 radical (unpaired) electrons. The molecule has 1 saturated carbocycles. The summed E-state index contributed by atoms with van der Waals surface area (Å²) in [7, 11) is 0. The third-order valence-electron chi connectivity index (χ3n) is 4.32. The molecule has 0 aromatic heterocycles. The molecule has 1 fully saturated rings. The fourth-order valence-electron chi connectivity index (χ4n) is 3.49. The van der Waals surface area contributed by atoms with Crippen molar-refractivity contribution in [2.24, 2.45) is 11.3 Å². The van der Waals surface area contributed by atoms with Gasteiger partial charge in [0.25, 0.3) is 5.69 Å². The zero-order valence-electron chi connectivity index (χ0n) is 12.7. The molecule has 1 N–H and O–H groups in total. The Morgan fingerprint density at radius 2 is 2.05 bits per heavy atom. The Bertz CT molecular complexity index is 511. The molecule has 0 atom stereocenters. The van der Waals surface area contributed by atoms with Crippen molar-refractivity contribution in [2.45, 2.75) is 46.0 Å². The lowest BCUT2D eigenvalue weighted by molar-refractivity contribution is -0.384. The molecule has 1 aliphatic rings. The van der Waals surface area contributed by atoms with E-state index in [1.165, 1.54) is 44.2 Å². The molecule has 5 heteroatoms. The van der Waals surface area contributed by atoms with Gasteiger partial charge in [-0.15, -0.1) is 0 Å². The highest BCUT2D eigenvalue weighted by atomic mass is 35.5. The van der Waals surface area contributed by atoms with Gasteiger partial charge in [-0.2, -0.15) is 0 Å². The summed E-state index contributed by atoms with van der Waals surface area (Å²) in [5.74, 6) is 0.678. The number of hydrogen-bond donors (Lipinski definition) is 1. The number of anilines is 1. The SMILES string of the molecule is CC(C)CC1(CNc2ccc([N+](=O)[O-])cc2Cl)CCCC1. The Morgan fingerprint density at radius 1 is 1.38 bits per heavy atom. The number of nitrogens with zero attached hydrogens (tertiary/aromatic N) is 1. The number of hydrogen-bond acceptors (Lipinski definition) is 3. The minimum absolute atomic E-state index is 0.0308. The molecule has 0 unspecified atom stereocenters. The molecule has 1 aromatic carbocycles. The molecular weight excluding hydrogens is 288 g/mol. The second kappa shape index (κ2) is 6.65. The van der Waals surface area contributed by atoms with Crippen molar-refractivity contribution in [3.8, 4) is 0 Å². The van der Waals surface area contributed by atoms with Gasteiger partial charge in [-0.25, -0.2) is 0 Å². The van der Waals surface area contributed by atoms with E-state index in [0.717, 1.165) is 12.2 Å². The van der Waals surface area contributed by atoms with Gasteiger partial charge in [0.15, 0.2) is 0 Å². The Balaban J connectivity index is 2.06. The smallest absolute Gasteiger partial charge is 0.271 e. The van der Waals surface area contributed by atoms with E-state index in [1.807, 2.05) is 0 Å². The maximum Gasteiger partial charge on any atom is 0.271 e. The summed E-state index contributed by atoms with van der Waals surface area (Å²) in [5.41, 5.74) is 1.17. The number of halogens is 1. The molecule has 116 valence electrons. The first-order valence-electron chi connectivity index (χ1n) is 7.60. The average Bonchev–Trinajstić information content (AvgIpc) is 2.85. The van der Waals surface area contributed by atoms with Crippen molar-refractivity contribution >= 4 is 23.0 Å². The van der Waals surface area contributed by atoms with Gasteiger partial charge >= 0.3 is 0 Å². The number of nitro benzene ring substituents is 1. The first kappa shape index (κ1) is 16.1. The van der Waals surface area contributed by atoms with E-state index in [0.29, 0.717) is 16.4 Å². The number of nitro groups is 1. The van der Waals surface area contributed by atoms with Gasteiger partial charge in [0.05, 0.1) is 15.6 Å². The summed E-state index contributed by atoms with van der Waals surface area (Å²) in [6, 6.07) is 4.62. The summed E-state index contributed by atoms with van der Waals surface area (Å²) >= 11 is 6.14. The van der Waals surface area contributed by atoms with Gasteiger partial charge in [0.1, 0.15) is 0 Å². The zero-order chi connectivity index (χ0) is 15.5. The van der Waals surface area contributed by atoms with E-state index in [9.17, 15) is 10.1 Å². The van der Waals surface area contributed by atoms with Crippen LogP contribution in [0, 0.1) is 21.4 Å². The first-order valence-corrected chi connectivity index (χ1v) is 7.97. The van der Waals surface area contributed by atoms with E-state index in [4.69, 9.17) is 11.6 Å². The first-order chi connectivity index (χ1) is 9.92. The number of nitrogens with one attached hydrogen (secondary N) is 1. The van der Waals surface area contributed by atoms with Crippen molar-refractivity contribution in [1.29, 1.82) is 0 Å². The molecular formula is C16H23ClN2O2. The van der Waals surface area contributed by atoms with Gasteiger partial charge < -0.3 is 5.32 Å². The average molecular weight is 311 g/mol. The fourth-order valence-corrected chi connectivity index (χ4v) is 3.73. The molecule has 4 nitrogen and oxygen atoms in total. The highest BCUT2D eigenvalue weighted by molar-refractivity contribution is 6.33. The van der Waals surface area contributed by atoms with Crippen LogP contribution < -0.4 is 5.32 Å². The fraction of sp³-hybridized carbons (Fsp3) is 0.625. The van der Waals surface area contributed by atoms with Crippen LogP contribution >= 0.6 is 11.6 Å².